The molecule has 1 aromatic heterocycles. The highest BCUT2D eigenvalue weighted by Gasteiger charge is 2.32. The molecule has 23 heavy (non-hydrogen) atoms. The van der Waals surface area contributed by atoms with E-state index in [9.17, 15) is 4.79 Å². The summed E-state index contributed by atoms with van der Waals surface area (Å²) in [5.41, 5.74) is 1.21. The number of carbonyl (C=O) groups excluding carboxylic acids is 1. The van der Waals surface area contributed by atoms with Gasteiger partial charge in [-0.3, -0.25) is 4.79 Å². The molecular weight excluding hydrogens is 290 g/mol. The maximum Gasteiger partial charge on any atom is 0.243 e. The van der Waals surface area contributed by atoms with Gasteiger partial charge in [0.2, 0.25) is 5.91 Å². The lowest BCUT2D eigenvalue weighted by Gasteiger charge is -2.38. The predicted molar refractivity (Wildman–Crippen MR) is 90.0 cm³/mol. The zero-order valence-corrected chi connectivity index (χ0v) is 14.1. The molecule has 0 bridgehead atoms. The fraction of sp³-hybridized carbons (Fsp3) is 0.722. The van der Waals surface area contributed by atoms with Gasteiger partial charge in [-0.05, 0) is 50.2 Å². The fourth-order valence-corrected chi connectivity index (χ4v) is 3.92. The van der Waals surface area contributed by atoms with E-state index in [0.29, 0.717) is 25.6 Å². The molecule has 5 nitrogen and oxygen atoms in total. The number of amides is 1. The van der Waals surface area contributed by atoms with Gasteiger partial charge < -0.3 is 19.9 Å². The van der Waals surface area contributed by atoms with Crippen LogP contribution in [0.1, 0.15) is 50.8 Å². The highest BCUT2D eigenvalue weighted by molar-refractivity contribution is 5.78. The van der Waals surface area contributed by atoms with Crippen LogP contribution >= 0.6 is 0 Å². The van der Waals surface area contributed by atoms with E-state index in [4.69, 9.17) is 5.11 Å². The van der Waals surface area contributed by atoms with Gasteiger partial charge in [0.25, 0.3) is 0 Å². The molecule has 0 saturated heterocycles. The summed E-state index contributed by atoms with van der Waals surface area (Å²) in [7, 11) is 0. The maximum absolute atomic E-state index is 12.5. The number of hydrogen-bond donors (Lipinski definition) is 2. The van der Waals surface area contributed by atoms with Crippen molar-refractivity contribution in [2.45, 2.75) is 57.7 Å². The van der Waals surface area contributed by atoms with Crippen molar-refractivity contribution < 1.29 is 9.90 Å². The summed E-state index contributed by atoms with van der Waals surface area (Å²) in [6.07, 6.45) is 7.70. The van der Waals surface area contributed by atoms with E-state index in [-0.39, 0.29) is 18.6 Å². The van der Waals surface area contributed by atoms with Crippen LogP contribution in [0.15, 0.2) is 18.3 Å². The number of hydrogen-bond acceptors (Lipinski definition) is 3. The maximum atomic E-state index is 12.5. The summed E-state index contributed by atoms with van der Waals surface area (Å²) >= 11 is 0. The molecule has 5 heteroatoms. The molecule has 1 aromatic rings. The molecule has 3 rings (SSSR count). The lowest BCUT2D eigenvalue weighted by Crippen LogP contribution is -2.48. The Morgan fingerprint density at radius 1 is 1.30 bits per heavy atom. The van der Waals surface area contributed by atoms with E-state index < -0.39 is 0 Å². The average molecular weight is 319 g/mol. The van der Waals surface area contributed by atoms with Gasteiger partial charge in [0.15, 0.2) is 0 Å². The first kappa shape index (κ1) is 16.5. The van der Waals surface area contributed by atoms with Gasteiger partial charge in [-0.2, -0.15) is 0 Å². The zero-order chi connectivity index (χ0) is 16.2. The van der Waals surface area contributed by atoms with Crippen LogP contribution in [0.5, 0.6) is 0 Å². The summed E-state index contributed by atoms with van der Waals surface area (Å²) in [6.45, 7) is 4.32. The van der Waals surface area contributed by atoms with Gasteiger partial charge in [-0.25, -0.2) is 0 Å². The number of aromatic nitrogens is 1. The van der Waals surface area contributed by atoms with E-state index in [0.717, 1.165) is 12.5 Å². The fourth-order valence-electron chi connectivity index (χ4n) is 3.92. The SMILES string of the molecule is CC1CCC(NCC2c3cccn3CC(=O)N2CCCO)CC1. The highest BCUT2D eigenvalue weighted by Crippen LogP contribution is 2.28. The first-order chi connectivity index (χ1) is 11.2. The van der Waals surface area contributed by atoms with Crippen molar-refractivity contribution >= 4 is 5.91 Å². The minimum Gasteiger partial charge on any atom is -0.396 e. The Bertz CT molecular complexity index is 520. The van der Waals surface area contributed by atoms with Crippen LogP contribution in [-0.2, 0) is 11.3 Å². The van der Waals surface area contributed by atoms with Crippen LogP contribution in [0.4, 0.5) is 0 Å². The lowest BCUT2D eigenvalue weighted by molar-refractivity contribution is -0.136. The van der Waals surface area contributed by atoms with Crippen LogP contribution in [0.25, 0.3) is 0 Å². The molecule has 0 aromatic carbocycles. The molecule has 128 valence electrons. The number of aliphatic hydroxyl groups excluding tert-OH is 1. The molecule has 2 aliphatic rings. The summed E-state index contributed by atoms with van der Waals surface area (Å²) in [5.74, 6) is 1.01. The van der Waals surface area contributed by atoms with Crippen LogP contribution in [0.2, 0.25) is 0 Å². The summed E-state index contributed by atoms with van der Waals surface area (Å²) in [4.78, 5) is 14.4. The predicted octanol–water partition coefficient (Wildman–Crippen LogP) is 1.92. The Kier molecular flexibility index (Phi) is 5.38. The minimum atomic E-state index is 0.0807. The molecule has 0 spiro atoms. The van der Waals surface area contributed by atoms with Crippen LogP contribution < -0.4 is 5.32 Å². The minimum absolute atomic E-state index is 0.0807. The van der Waals surface area contributed by atoms with Crippen molar-refractivity contribution in [2.24, 2.45) is 5.92 Å². The van der Waals surface area contributed by atoms with E-state index in [1.807, 2.05) is 17.2 Å². The first-order valence-electron chi connectivity index (χ1n) is 8.97. The number of carbonyl (C=O) groups is 1. The van der Waals surface area contributed by atoms with Gasteiger partial charge in [0.05, 0.1) is 6.04 Å². The Balaban J connectivity index is 1.67. The second kappa shape index (κ2) is 7.49. The quantitative estimate of drug-likeness (QED) is 0.842. The molecule has 1 saturated carbocycles. The van der Waals surface area contributed by atoms with Gasteiger partial charge >= 0.3 is 0 Å². The van der Waals surface area contributed by atoms with Crippen LogP contribution in [0.3, 0.4) is 0 Å². The first-order valence-corrected chi connectivity index (χ1v) is 8.97. The van der Waals surface area contributed by atoms with Crippen molar-refractivity contribution in [3.8, 4) is 0 Å². The largest absolute Gasteiger partial charge is 0.396 e. The number of nitrogens with one attached hydrogen (secondary N) is 1. The van der Waals surface area contributed by atoms with Crippen LogP contribution in [0, 0.1) is 5.92 Å². The number of aliphatic hydroxyl groups is 1. The Morgan fingerprint density at radius 2 is 2.09 bits per heavy atom. The van der Waals surface area contributed by atoms with Gasteiger partial charge in [-0.1, -0.05) is 6.92 Å². The second-order valence-corrected chi connectivity index (χ2v) is 7.11. The monoisotopic (exact) mass is 319 g/mol. The Hall–Kier alpha value is -1.33. The van der Waals surface area contributed by atoms with E-state index in [2.05, 4.69) is 22.9 Å². The molecular formula is C18H29N3O2. The lowest BCUT2D eigenvalue weighted by atomic mass is 9.87. The molecule has 1 atom stereocenters. The molecule has 1 fully saturated rings. The third-order valence-corrected chi connectivity index (χ3v) is 5.38. The summed E-state index contributed by atoms with van der Waals surface area (Å²) < 4.78 is 2.06. The third-order valence-electron chi connectivity index (χ3n) is 5.38. The smallest absolute Gasteiger partial charge is 0.243 e. The van der Waals surface area contributed by atoms with Crippen molar-refractivity contribution in [2.75, 3.05) is 19.7 Å². The average Bonchev–Trinajstić information content (AvgIpc) is 3.00. The summed E-state index contributed by atoms with van der Waals surface area (Å²) in [6, 6.07) is 4.80. The van der Waals surface area contributed by atoms with E-state index in [1.54, 1.807) is 0 Å². The third kappa shape index (κ3) is 3.78. The van der Waals surface area contributed by atoms with Crippen molar-refractivity contribution in [3.05, 3.63) is 24.0 Å². The normalized spacial score (nSPS) is 28.0. The molecule has 2 heterocycles. The molecule has 1 unspecified atom stereocenters. The molecule has 1 aliphatic carbocycles. The molecule has 1 aliphatic heterocycles. The Morgan fingerprint density at radius 3 is 2.83 bits per heavy atom. The topological polar surface area (TPSA) is 57.5 Å². The number of nitrogens with zero attached hydrogens (tertiary/aromatic N) is 2. The zero-order valence-electron chi connectivity index (χ0n) is 14.1. The number of rotatable bonds is 6. The number of fused-ring (bicyclic) bond motifs is 1. The second-order valence-electron chi connectivity index (χ2n) is 7.11. The van der Waals surface area contributed by atoms with Gasteiger partial charge in [-0.15, -0.1) is 0 Å². The van der Waals surface area contributed by atoms with Crippen molar-refractivity contribution in [1.82, 2.24) is 14.8 Å². The highest BCUT2D eigenvalue weighted by atomic mass is 16.3. The van der Waals surface area contributed by atoms with E-state index in [1.165, 1.54) is 31.4 Å². The molecule has 0 radical (unpaired) electrons. The summed E-state index contributed by atoms with van der Waals surface area (Å²) in [5, 5.41) is 12.8. The Labute approximate surface area is 138 Å². The van der Waals surface area contributed by atoms with Crippen LogP contribution in [-0.4, -0.2) is 46.2 Å². The molecule has 2 N–H and O–H groups in total. The van der Waals surface area contributed by atoms with Crippen molar-refractivity contribution in [3.63, 3.8) is 0 Å². The van der Waals surface area contributed by atoms with Gasteiger partial charge in [0.1, 0.15) is 6.54 Å². The van der Waals surface area contributed by atoms with Crippen molar-refractivity contribution in [1.29, 1.82) is 0 Å². The van der Waals surface area contributed by atoms with E-state index >= 15 is 0 Å². The molecule has 1 amide bonds. The van der Waals surface area contributed by atoms with Gasteiger partial charge in [0, 0.05) is 37.6 Å². The standard InChI is InChI=1S/C18H29N3O2/c1-14-5-7-15(8-6-14)19-12-17-16-4-2-9-20(16)13-18(23)21(17)10-3-11-22/h2,4,9,14-15,17,19,22H,3,5-8,10-13H2,1H3.